The highest BCUT2D eigenvalue weighted by atomic mass is 16.5. The number of hydrogen-bond donors (Lipinski definition) is 1. The lowest BCUT2D eigenvalue weighted by Crippen LogP contribution is -2.42. The number of ether oxygens (including phenoxy) is 1. The SMILES string of the molecule is O=C1CCc2cnc(Nc3ccc(N4CCC(CCCN5CCOCC5)CC4)cc3)cc2N1C1CCCC1. The molecule has 7 nitrogen and oxygen atoms in total. The normalized spacial score (nSPS) is 21.6. The molecule has 0 radical (unpaired) electrons. The Hall–Kier alpha value is -2.64. The summed E-state index contributed by atoms with van der Waals surface area (Å²) in [5.74, 6) is 1.94. The number of fused-ring (bicyclic) bond motifs is 1. The Kier molecular flexibility index (Phi) is 8.12. The van der Waals surface area contributed by atoms with Gasteiger partial charge in [0.15, 0.2) is 0 Å². The average Bonchev–Trinajstić information content (AvgIpc) is 3.49. The summed E-state index contributed by atoms with van der Waals surface area (Å²) in [5, 5.41) is 3.49. The summed E-state index contributed by atoms with van der Waals surface area (Å²) in [5.41, 5.74) is 4.60. The molecule has 4 aliphatic rings. The van der Waals surface area contributed by atoms with E-state index in [0.717, 1.165) is 81.8 Å². The Bertz CT molecular complexity index is 1070. The molecule has 0 bridgehead atoms. The highest BCUT2D eigenvalue weighted by Crippen LogP contribution is 2.36. The molecule has 3 aliphatic heterocycles. The van der Waals surface area contributed by atoms with Crippen molar-refractivity contribution in [1.82, 2.24) is 9.88 Å². The molecule has 0 spiro atoms. The number of rotatable bonds is 8. The molecule has 1 aliphatic carbocycles. The van der Waals surface area contributed by atoms with Crippen LogP contribution in [-0.2, 0) is 16.0 Å². The highest BCUT2D eigenvalue weighted by Gasteiger charge is 2.32. The molecule has 0 unspecified atom stereocenters. The zero-order chi connectivity index (χ0) is 25.7. The van der Waals surface area contributed by atoms with Gasteiger partial charge in [0, 0.05) is 62.3 Å². The third-order valence-corrected chi connectivity index (χ3v) is 9.10. The average molecular weight is 518 g/mol. The van der Waals surface area contributed by atoms with E-state index in [1.807, 2.05) is 6.20 Å². The van der Waals surface area contributed by atoms with Crippen LogP contribution in [0.1, 0.15) is 63.4 Å². The maximum absolute atomic E-state index is 12.8. The van der Waals surface area contributed by atoms with E-state index in [1.54, 1.807) is 0 Å². The maximum atomic E-state index is 12.8. The second-order valence-corrected chi connectivity index (χ2v) is 11.6. The van der Waals surface area contributed by atoms with Gasteiger partial charge in [0.05, 0.1) is 18.9 Å². The summed E-state index contributed by atoms with van der Waals surface area (Å²) in [7, 11) is 0. The second-order valence-electron chi connectivity index (χ2n) is 11.6. The van der Waals surface area contributed by atoms with Gasteiger partial charge in [-0.2, -0.15) is 0 Å². The van der Waals surface area contributed by atoms with E-state index in [1.165, 1.54) is 56.3 Å². The van der Waals surface area contributed by atoms with Crippen molar-refractivity contribution in [2.45, 2.75) is 70.3 Å². The van der Waals surface area contributed by atoms with E-state index in [0.29, 0.717) is 12.5 Å². The smallest absolute Gasteiger partial charge is 0.227 e. The Morgan fingerprint density at radius 3 is 2.47 bits per heavy atom. The molecule has 7 heteroatoms. The third kappa shape index (κ3) is 5.99. The van der Waals surface area contributed by atoms with Crippen LogP contribution >= 0.6 is 0 Å². The van der Waals surface area contributed by atoms with Gasteiger partial charge >= 0.3 is 0 Å². The molecule has 4 heterocycles. The standard InChI is InChI=1S/C31H43N5O2/c37-31-12-7-25-23-32-30(22-29(25)36(31)28-5-1-2-6-28)33-26-8-10-27(11-9-26)35-16-13-24(14-17-35)4-3-15-34-18-20-38-21-19-34/h8-11,22-24,28H,1-7,12-21H2,(H,32,33). The van der Waals surface area contributed by atoms with E-state index in [4.69, 9.17) is 4.74 Å². The van der Waals surface area contributed by atoms with Gasteiger partial charge in [0.1, 0.15) is 5.82 Å². The number of nitrogens with zero attached hydrogens (tertiary/aromatic N) is 4. The second kappa shape index (κ2) is 12.0. The minimum absolute atomic E-state index is 0.270. The fourth-order valence-corrected chi connectivity index (χ4v) is 6.83. The van der Waals surface area contributed by atoms with E-state index >= 15 is 0 Å². The summed E-state index contributed by atoms with van der Waals surface area (Å²) in [4.78, 5) is 24.7. The molecule has 38 heavy (non-hydrogen) atoms. The first-order valence-electron chi connectivity index (χ1n) is 15.0. The topological polar surface area (TPSA) is 60.9 Å². The van der Waals surface area contributed by atoms with Crippen LogP contribution in [0.4, 0.5) is 22.9 Å². The van der Waals surface area contributed by atoms with Gasteiger partial charge in [-0.3, -0.25) is 9.69 Å². The monoisotopic (exact) mass is 517 g/mol. The molecule has 1 aromatic carbocycles. The first-order chi connectivity index (χ1) is 18.7. The number of benzene rings is 1. The number of piperidine rings is 1. The Balaban J connectivity index is 1.01. The zero-order valence-electron chi connectivity index (χ0n) is 22.7. The molecular weight excluding hydrogens is 474 g/mol. The van der Waals surface area contributed by atoms with Crippen LogP contribution < -0.4 is 15.1 Å². The molecule has 3 fully saturated rings. The Morgan fingerprint density at radius 1 is 0.947 bits per heavy atom. The van der Waals surface area contributed by atoms with Gasteiger partial charge in [0.25, 0.3) is 0 Å². The lowest BCUT2D eigenvalue weighted by atomic mass is 9.92. The number of morpholine rings is 1. The molecule has 2 saturated heterocycles. The van der Waals surface area contributed by atoms with Crippen LogP contribution in [0.15, 0.2) is 36.5 Å². The summed E-state index contributed by atoms with van der Waals surface area (Å²) in [6.45, 7) is 7.52. The summed E-state index contributed by atoms with van der Waals surface area (Å²) in [6, 6.07) is 11.2. The molecule has 1 amide bonds. The van der Waals surface area contributed by atoms with E-state index in [-0.39, 0.29) is 5.91 Å². The van der Waals surface area contributed by atoms with Crippen molar-refractivity contribution >= 4 is 28.8 Å². The van der Waals surface area contributed by atoms with Gasteiger partial charge in [-0.05, 0) is 87.2 Å². The molecule has 2 aromatic rings. The van der Waals surface area contributed by atoms with Crippen molar-refractivity contribution in [3.05, 3.63) is 42.1 Å². The van der Waals surface area contributed by atoms with E-state index in [2.05, 4.69) is 55.3 Å². The summed E-state index contributed by atoms with van der Waals surface area (Å²) < 4.78 is 5.46. The van der Waals surface area contributed by atoms with Crippen molar-refractivity contribution in [3.8, 4) is 0 Å². The maximum Gasteiger partial charge on any atom is 0.227 e. The van der Waals surface area contributed by atoms with Crippen LogP contribution in [-0.4, -0.2) is 67.8 Å². The predicted molar refractivity (Wildman–Crippen MR) is 153 cm³/mol. The summed E-state index contributed by atoms with van der Waals surface area (Å²) >= 11 is 0. The van der Waals surface area contributed by atoms with Gasteiger partial charge in [-0.15, -0.1) is 0 Å². The van der Waals surface area contributed by atoms with Crippen molar-refractivity contribution in [2.24, 2.45) is 5.92 Å². The third-order valence-electron chi connectivity index (χ3n) is 9.10. The van der Waals surface area contributed by atoms with Gasteiger partial charge < -0.3 is 19.9 Å². The summed E-state index contributed by atoms with van der Waals surface area (Å²) in [6.07, 6.45) is 13.3. The lowest BCUT2D eigenvalue weighted by molar-refractivity contribution is -0.119. The first-order valence-corrected chi connectivity index (χ1v) is 15.0. The Labute approximate surface area is 227 Å². The van der Waals surface area contributed by atoms with Crippen LogP contribution in [0.5, 0.6) is 0 Å². The van der Waals surface area contributed by atoms with Gasteiger partial charge in [0.2, 0.25) is 5.91 Å². The molecule has 204 valence electrons. The van der Waals surface area contributed by atoms with Crippen molar-refractivity contribution in [1.29, 1.82) is 0 Å². The van der Waals surface area contributed by atoms with E-state index in [9.17, 15) is 4.79 Å². The van der Waals surface area contributed by atoms with Crippen molar-refractivity contribution in [2.75, 3.05) is 61.1 Å². The fourth-order valence-electron chi connectivity index (χ4n) is 6.83. The van der Waals surface area contributed by atoms with Crippen LogP contribution in [0, 0.1) is 5.92 Å². The number of carbonyl (C=O) groups is 1. The van der Waals surface area contributed by atoms with Gasteiger partial charge in [-0.25, -0.2) is 4.98 Å². The Morgan fingerprint density at radius 2 is 1.71 bits per heavy atom. The fraction of sp³-hybridized carbons (Fsp3) is 0.613. The molecule has 0 atom stereocenters. The van der Waals surface area contributed by atoms with E-state index < -0.39 is 0 Å². The molecule has 6 rings (SSSR count). The number of amides is 1. The molecule has 1 N–H and O–H groups in total. The number of carbonyl (C=O) groups excluding carboxylic acids is 1. The number of aryl methyl sites for hydroxylation is 1. The number of nitrogens with one attached hydrogen (secondary N) is 1. The van der Waals surface area contributed by atoms with Crippen molar-refractivity contribution in [3.63, 3.8) is 0 Å². The molecular formula is C31H43N5O2. The minimum atomic E-state index is 0.270. The number of aromatic nitrogens is 1. The minimum Gasteiger partial charge on any atom is -0.379 e. The highest BCUT2D eigenvalue weighted by molar-refractivity contribution is 5.97. The number of anilines is 4. The number of hydrogen-bond acceptors (Lipinski definition) is 6. The predicted octanol–water partition coefficient (Wildman–Crippen LogP) is 5.38. The van der Waals surface area contributed by atoms with Crippen LogP contribution in [0.2, 0.25) is 0 Å². The van der Waals surface area contributed by atoms with Crippen LogP contribution in [0.25, 0.3) is 0 Å². The quantitative estimate of drug-likeness (QED) is 0.508. The molecule has 1 aromatic heterocycles. The van der Waals surface area contributed by atoms with Crippen molar-refractivity contribution < 1.29 is 9.53 Å². The lowest BCUT2D eigenvalue weighted by Gasteiger charge is -2.34. The number of pyridine rings is 1. The molecule has 1 saturated carbocycles. The zero-order valence-corrected chi connectivity index (χ0v) is 22.7. The largest absolute Gasteiger partial charge is 0.379 e. The first kappa shape index (κ1) is 25.6. The van der Waals surface area contributed by atoms with Crippen LogP contribution in [0.3, 0.4) is 0 Å². The van der Waals surface area contributed by atoms with Gasteiger partial charge in [-0.1, -0.05) is 12.8 Å².